The first kappa shape index (κ1) is 20.7. The highest BCUT2D eigenvalue weighted by Gasteiger charge is 2.35. The van der Waals surface area contributed by atoms with Gasteiger partial charge >= 0.3 is 5.97 Å². The number of aliphatic carboxylic acids is 1. The van der Waals surface area contributed by atoms with Gasteiger partial charge in [-0.2, -0.15) is 0 Å². The van der Waals surface area contributed by atoms with Crippen molar-refractivity contribution in [3.05, 3.63) is 40.9 Å². The Bertz CT molecular complexity index is 750. The highest BCUT2D eigenvalue weighted by Crippen LogP contribution is 2.25. The molecule has 0 aromatic heterocycles. The lowest BCUT2D eigenvalue weighted by Crippen LogP contribution is -2.49. The van der Waals surface area contributed by atoms with Crippen molar-refractivity contribution in [3.63, 3.8) is 0 Å². The van der Waals surface area contributed by atoms with E-state index in [1.165, 1.54) is 6.08 Å². The molecular formula is C17H19ClN2O7. The number of hydrogen-bond acceptors (Lipinski definition) is 6. The minimum absolute atomic E-state index is 0.0309. The molecule has 1 aliphatic rings. The Balaban J connectivity index is 2.16. The molecule has 4 unspecified atom stereocenters. The summed E-state index contributed by atoms with van der Waals surface area (Å²) >= 11 is 5.79. The zero-order valence-electron chi connectivity index (χ0n) is 14.0. The Kier molecular flexibility index (Phi) is 6.78. The number of carbonyl (C=O) groups is 3. The van der Waals surface area contributed by atoms with Gasteiger partial charge in [0.05, 0.1) is 12.5 Å². The predicted octanol–water partition coefficient (Wildman–Crippen LogP) is -0.416. The number of hydrogen-bond donors (Lipinski definition) is 5. The number of halogens is 1. The van der Waals surface area contributed by atoms with Crippen LogP contribution in [-0.4, -0.2) is 57.5 Å². The first-order chi connectivity index (χ1) is 12.7. The van der Waals surface area contributed by atoms with Crippen molar-refractivity contribution < 1.29 is 34.4 Å². The van der Waals surface area contributed by atoms with Crippen molar-refractivity contribution in [2.24, 2.45) is 5.73 Å². The molecule has 0 spiro atoms. The van der Waals surface area contributed by atoms with Crippen LogP contribution in [-0.2, 0) is 14.4 Å². The lowest BCUT2D eigenvalue weighted by atomic mass is 9.91. The quantitative estimate of drug-likeness (QED) is 0.417. The van der Waals surface area contributed by atoms with Gasteiger partial charge < -0.3 is 31.1 Å². The fourth-order valence-corrected chi connectivity index (χ4v) is 2.65. The summed E-state index contributed by atoms with van der Waals surface area (Å²) in [6.45, 7) is 0. The molecule has 0 bridgehead atoms. The topological polar surface area (TPSA) is 159 Å². The second-order valence-corrected chi connectivity index (χ2v) is 6.45. The molecule has 1 aromatic rings. The summed E-state index contributed by atoms with van der Waals surface area (Å²) in [6.07, 6.45) is -3.19. The van der Waals surface area contributed by atoms with Crippen LogP contribution in [0.25, 0.3) is 0 Å². The van der Waals surface area contributed by atoms with E-state index in [-0.39, 0.29) is 12.0 Å². The van der Waals surface area contributed by atoms with Gasteiger partial charge in [0.2, 0.25) is 11.8 Å². The van der Waals surface area contributed by atoms with Crippen LogP contribution in [0.2, 0.25) is 5.02 Å². The third-order valence-corrected chi connectivity index (χ3v) is 4.18. The van der Waals surface area contributed by atoms with Crippen molar-refractivity contribution in [2.75, 3.05) is 0 Å². The number of aliphatic hydroxyl groups excluding tert-OH is 2. The molecule has 4 atom stereocenters. The van der Waals surface area contributed by atoms with Gasteiger partial charge in [0.15, 0.2) is 0 Å². The summed E-state index contributed by atoms with van der Waals surface area (Å²) in [4.78, 5) is 34.4. The van der Waals surface area contributed by atoms with E-state index in [1.807, 2.05) is 0 Å². The molecular weight excluding hydrogens is 380 g/mol. The summed E-state index contributed by atoms with van der Waals surface area (Å²) in [5.41, 5.74) is 5.12. The maximum atomic E-state index is 12.3. The van der Waals surface area contributed by atoms with Crippen molar-refractivity contribution in [3.8, 4) is 5.75 Å². The zero-order valence-corrected chi connectivity index (χ0v) is 14.8. The molecule has 2 amide bonds. The number of ether oxygens (including phenoxy) is 1. The van der Waals surface area contributed by atoms with E-state index in [0.29, 0.717) is 10.8 Å². The van der Waals surface area contributed by atoms with E-state index in [0.717, 1.165) is 0 Å². The van der Waals surface area contributed by atoms with Crippen molar-refractivity contribution in [1.29, 1.82) is 0 Å². The monoisotopic (exact) mass is 398 g/mol. The maximum absolute atomic E-state index is 12.3. The molecule has 0 saturated heterocycles. The van der Waals surface area contributed by atoms with Crippen LogP contribution >= 0.6 is 11.6 Å². The predicted molar refractivity (Wildman–Crippen MR) is 94.0 cm³/mol. The molecule has 0 heterocycles. The molecule has 146 valence electrons. The van der Waals surface area contributed by atoms with Crippen LogP contribution in [0.4, 0.5) is 0 Å². The van der Waals surface area contributed by atoms with E-state index >= 15 is 0 Å². The molecule has 0 fully saturated rings. The molecule has 0 radical (unpaired) electrons. The smallest absolute Gasteiger partial charge is 0.305 e. The number of rotatable bonds is 7. The van der Waals surface area contributed by atoms with Gasteiger partial charge in [-0.1, -0.05) is 11.6 Å². The number of carboxylic acids is 1. The lowest BCUT2D eigenvalue weighted by molar-refractivity contribution is -0.140. The third-order valence-electron chi connectivity index (χ3n) is 3.93. The Morgan fingerprint density at radius 1 is 1.26 bits per heavy atom. The molecule has 1 aromatic carbocycles. The van der Waals surface area contributed by atoms with Crippen LogP contribution in [0.3, 0.4) is 0 Å². The summed E-state index contributed by atoms with van der Waals surface area (Å²) in [5.74, 6) is -2.74. The summed E-state index contributed by atoms with van der Waals surface area (Å²) in [5, 5.41) is 31.6. The minimum atomic E-state index is -1.41. The van der Waals surface area contributed by atoms with E-state index < -0.39 is 48.6 Å². The first-order valence-electron chi connectivity index (χ1n) is 7.98. The average molecular weight is 399 g/mol. The second-order valence-electron chi connectivity index (χ2n) is 6.02. The van der Waals surface area contributed by atoms with Gasteiger partial charge in [0.1, 0.15) is 24.0 Å². The van der Waals surface area contributed by atoms with Crippen LogP contribution in [0.1, 0.15) is 12.8 Å². The largest absolute Gasteiger partial charge is 0.484 e. The SMILES string of the molecule is NC(=O)C(CC(=O)O)NC(=O)C1=CC(Oc2ccc(Cl)cc2)C(O)C(O)C1. The van der Waals surface area contributed by atoms with E-state index in [4.69, 9.17) is 27.2 Å². The average Bonchev–Trinajstić information content (AvgIpc) is 2.59. The standard InChI is InChI=1S/C17H19ClN2O7/c18-9-1-3-10(4-2-9)27-13-6-8(5-12(21)15(13)24)17(26)20-11(16(19)25)7-14(22)23/h1-4,6,11-13,15,21,24H,5,7H2,(H2,19,25)(H,20,26)(H,22,23). The summed E-state index contributed by atoms with van der Waals surface area (Å²) < 4.78 is 5.58. The van der Waals surface area contributed by atoms with Gasteiger partial charge in [-0.15, -0.1) is 0 Å². The fraction of sp³-hybridized carbons (Fsp3) is 0.353. The summed E-state index contributed by atoms with van der Waals surface area (Å²) in [6, 6.07) is 4.85. The molecule has 0 saturated carbocycles. The summed E-state index contributed by atoms with van der Waals surface area (Å²) in [7, 11) is 0. The van der Waals surface area contributed by atoms with E-state index in [2.05, 4.69) is 5.32 Å². The Morgan fingerprint density at radius 3 is 2.44 bits per heavy atom. The van der Waals surface area contributed by atoms with Gasteiger partial charge in [0, 0.05) is 17.0 Å². The molecule has 6 N–H and O–H groups in total. The van der Waals surface area contributed by atoms with Crippen molar-refractivity contribution in [1.82, 2.24) is 5.32 Å². The third kappa shape index (κ3) is 5.68. The highest BCUT2D eigenvalue weighted by molar-refractivity contribution is 6.30. The van der Waals surface area contributed by atoms with Gasteiger partial charge in [-0.25, -0.2) is 0 Å². The maximum Gasteiger partial charge on any atom is 0.305 e. The number of aliphatic hydroxyl groups is 2. The van der Waals surface area contributed by atoms with Gasteiger partial charge in [-0.3, -0.25) is 14.4 Å². The van der Waals surface area contributed by atoms with Gasteiger partial charge in [-0.05, 0) is 30.3 Å². The molecule has 10 heteroatoms. The fourth-order valence-electron chi connectivity index (χ4n) is 2.52. The number of benzene rings is 1. The molecule has 1 aliphatic carbocycles. The van der Waals surface area contributed by atoms with Crippen molar-refractivity contribution in [2.45, 2.75) is 37.2 Å². The van der Waals surface area contributed by atoms with Crippen LogP contribution in [0.15, 0.2) is 35.9 Å². The highest BCUT2D eigenvalue weighted by atomic mass is 35.5. The van der Waals surface area contributed by atoms with Gasteiger partial charge in [0.25, 0.3) is 0 Å². The number of nitrogens with two attached hydrogens (primary N) is 1. The second kappa shape index (κ2) is 8.85. The van der Waals surface area contributed by atoms with Crippen LogP contribution in [0, 0.1) is 0 Å². The Labute approximate surface area is 159 Å². The van der Waals surface area contributed by atoms with E-state index in [9.17, 15) is 24.6 Å². The molecule has 27 heavy (non-hydrogen) atoms. The Hall–Kier alpha value is -2.62. The normalized spacial score (nSPS) is 23.1. The lowest BCUT2D eigenvalue weighted by Gasteiger charge is -2.31. The number of primary amides is 1. The van der Waals surface area contributed by atoms with Crippen LogP contribution < -0.4 is 15.8 Å². The zero-order chi connectivity index (χ0) is 20.1. The molecule has 2 rings (SSSR count). The number of carbonyl (C=O) groups excluding carboxylic acids is 2. The van der Waals surface area contributed by atoms with E-state index in [1.54, 1.807) is 24.3 Å². The van der Waals surface area contributed by atoms with Crippen LogP contribution in [0.5, 0.6) is 5.75 Å². The number of nitrogens with one attached hydrogen (secondary N) is 1. The number of amides is 2. The number of carboxylic acid groups (broad SMARTS) is 1. The Morgan fingerprint density at radius 2 is 1.89 bits per heavy atom. The minimum Gasteiger partial charge on any atom is -0.484 e. The first-order valence-corrected chi connectivity index (χ1v) is 8.36. The molecule has 9 nitrogen and oxygen atoms in total. The van der Waals surface area contributed by atoms with Crippen molar-refractivity contribution >= 4 is 29.4 Å². The molecule has 0 aliphatic heterocycles.